The summed E-state index contributed by atoms with van der Waals surface area (Å²) in [6, 6.07) is 8.64. The second kappa shape index (κ2) is 15.6. The number of hydrogen-bond acceptors (Lipinski definition) is 9. The van der Waals surface area contributed by atoms with Gasteiger partial charge in [0.1, 0.15) is 16.1 Å². The van der Waals surface area contributed by atoms with Crippen LogP contribution in [-0.2, 0) is 20.7 Å². The van der Waals surface area contributed by atoms with Gasteiger partial charge >= 0.3 is 18.6 Å². The highest BCUT2D eigenvalue weighted by Gasteiger charge is 2.26. The number of methoxy groups -OCH3 is 2. The fourth-order valence-electron chi connectivity index (χ4n) is 3.97. The summed E-state index contributed by atoms with van der Waals surface area (Å²) in [7, 11) is 2.88. The number of aromatic amines is 1. The topological polar surface area (TPSA) is 134 Å². The minimum atomic E-state index is -3.06. The Labute approximate surface area is 256 Å². The van der Waals surface area contributed by atoms with Crippen LogP contribution in [0.15, 0.2) is 48.8 Å². The number of nitrogens with one attached hydrogen (secondary N) is 1. The van der Waals surface area contributed by atoms with E-state index in [4.69, 9.17) is 46.9 Å². The van der Waals surface area contributed by atoms with E-state index in [9.17, 15) is 18.4 Å². The van der Waals surface area contributed by atoms with E-state index in [1.807, 2.05) is 0 Å². The van der Waals surface area contributed by atoms with Crippen LogP contribution in [0.25, 0.3) is 0 Å². The Balaban J connectivity index is 0.00000506. The molecule has 232 valence electrons. The number of alkyl halides is 2. The fourth-order valence-corrected chi connectivity index (χ4v) is 4.50. The zero-order chi connectivity index (χ0) is 30.2. The maximum atomic E-state index is 13.0. The highest BCUT2D eigenvalue weighted by molar-refractivity contribution is 6.35. The minimum absolute atomic E-state index is 0. The number of esters is 2. The van der Waals surface area contributed by atoms with E-state index in [2.05, 4.69) is 9.72 Å². The SMILES string of the molecule is COc1ccc(C(=O)OCC(=O)O[C@@H](Cc2c(Cl)c[nH+]cc2Cl)c2ccc(OC(F)F)c(OCC3CC3)c2)cc1OC.[OH-]. The number of pyridine rings is 1. The molecular weight excluding hydrogens is 615 g/mol. The minimum Gasteiger partial charge on any atom is -0.870 e. The summed E-state index contributed by atoms with van der Waals surface area (Å²) in [6.45, 7) is -3.46. The van der Waals surface area contributed by atoms with Gasteiger partial charge in [0.05, 0.1) is 26.4 Å². The first kappa shape index (κ1) is 33.6. The summed E-state index contributed by atoms with van der Waals surface area (Å²) in [6.07, 6.45) is 3.98. The van der Waals surface area contributed by atoms with Gasteiger partial charge < -0.3 is 33.9 Å². The molecule has 1 aliphatic rings. The third kappa shape index (κ3) is 9.31. The number of carbonyl (C=O) groups excluding carboxylic acids is 2. The fraction of sp³-hybridized carbons (Fsp3) is 0.345. The molecule has 0 unspecified atom stereocenters. The number of hydrogen-bond donors (Lipinski definition) is 0. The Hall–Kier alpha value is -3.87. The number of H-pyrrole nitrogens is 1. The largest absolute Gasteiger partial charge is 0.870 e. The third-order valence-corrected chi connectivity index (χ3v) is 7.00. The molecule has 2 N–H and O–H groups in total. The first-order chi connectivity index (χ1) is 20.2. The lowest BCUT2D eigenvalue weighted by Gasteiger charge is -2.21. The molecule has 4 rings (SSSR count). The summed E-state index contributed by atoms with van der Waals surface area (Å²) in [5, 5.41) is 0.567. The van der Waals surface area contributed by atoms with Crippen molar-refractivity contribution in [1.29, 1.82) is 0 Å². The number of halogens is 4. The molecular formula is C29H29Cl2F2NO9. The lowest BCUT2D eigenvalue weighted by Crippen LogP contribution is -2.21. The Morgan fingerprint density at radius 1 is 0.953 bits per heavy atom. The monoisotopic (exact) mass is 643 g/mol. The van der Waals surface area contributed by atoms with Gasteiger partial charge in [0.25, 0.3) is 0 Å². The summed E-state index contributed by atoms with van der Waals surface area (Å²) in [4.78, 5) is 28.3. The molecule has 1 aromatic heterocycles. The molecule has 1 heterocycles. The maximum absolute atomic E-state index is 13.0. The summed E-state index contributed by atoms with van der Waals surface area (Å²) < 4.78 is 57.7. The number of rotatable bonds is 14. The Morgan fingerprint density at radius 2 is 1.63 bits per heavy atom. The van der Waals surface area contributed by atoms with Crippen molar-refractivity contribution >= 4 is 35.1 Å². The number of carbonyl (C=O) groups is 2. The molecule has 0 radical (unpaired) electrons. The van der Waals surface area contributed by atoms with Crippen molar-refractivity contribution in [2.45, 2.75) is 32.0 Å². The Kier molecular flexibility index (Phi) is 12.2. The summed E-state index contributed by atoms with van der Waals surface area (Å²) >= 11 is 12.7. The smallest absolute Gasteiger partial charge is 0.387 e. The van der Waals surface area contributed by atoms with Gasteiger partial charge in [-0.15, -0.1) is 0 Å². The van der Waals surface area contributed by atoms with Crippen LogP contribution in [0.2, 0.25) is 10.0 Å². The van der Waals surface area contributed by atoms with Gasteiger partial charge in [-0.2, -0.15) is 8.78 Å². The lowest BCUT2D eigenvalue weighted by atomic mass is 10.0. The van der Waals surface area contributed by atoms with E-state index in [1.54, 1.807) is 0 Å². The summed E-state index contributed by atoms with van der Waals surface area (Å²) in [5.41, 5.74) is 0.982. The molecule has 0 bridgehead atoms. The van der Waals surface area contributed by atoms with Crippen LogP contribution in [0.5, 0.6) is 23.0 Å². The molecule has 1 atom stereocenters. The Bertz CT molecular complexity index is 1400. The van der Waals surface area contributed by atoms with Gasteiger partial charge in [-0.05, 0) is 54.7 Å². The van der Waals surface area contributed by atoms with Crippen molar-refractivity contribution in [2.24, 2.45) is 5.92 Å². The van der Waals surface area contributed by atoms with Gasteiger partial charge in [0.2, 0.25) is 0 Å². The predicted octanol–water partition coefficient (Wildman–Crippen LogP) is 5.72. The van der Waals surface area contributed by atoms with Gasteiger partial charge in [0.15, 0.2) is 42.0 Å². The number of aromatic nitrogens is 1. The van der Waals surface area contributed by atoms with Crippen LogP contribution in [-0.4, -0.2) is 51.5 Å². The highest BCUT2D eigenvalue weighted by Crippen LogP contribution is 2.38. The van der Waals surface area contributed by atoms with Crippen molar-refractivity contribution in [3.8, 4) is 23.0 Å². The average Bonchev–Trinajstić information content (AvgIpc) is 3.80. The van der Waals surface area contributed by atoms with Gasteiger partial charge in [-0.1, -0.05) is 29.3 Å². The highest BCUT2D eigenvalue weighted by atomic mass is 35.5. The molecule has 1 aliphatic carbocycles. The van der Waals surface area contributed by atoms with Crippen LogP contribution in [0, 0.1) is 5.92 Å². The van der Waals surface area contributed by atoms with E-state index in [1.165, 1.54) is 63.0 Å². The third-order valence-electron chi connectivity index (χ3n) is 6.33. The Morgan fingerprint density at radius 3 is 2.26 bits per heavy atom. The molecule has 2 aromatic carbocycles. The molecule has 3 aromatic rings. The number of ether oxygens (including phenoxy) is 6. The van der Waals surface area contributed by atoms with E-state index in [0.29, 0.717) is 35.2 Å². The maximum Gasteiger partial charge on any atom is 0.387 e. The first-order valence-corrected chi connectivity index (χ1v) is 13.6. The van der Waals surface area contributed by atoms with Crippen molar-refractivity contribution in [3.05, 3.63) is 75.5 Å². The van der Waals surface area contributed by atoms with E-state index in [-0.39, 0.29) is 39.0 Å². The molecule has 1 fully saturated rings. The average molecular weight is 644 g/mol. The van der Waals surface area contributed by atoms with Crippen LogP contribution in [0.4, 0.5) is 8.78 Å². The first-order valence-electron chi connectivity index (χ1n) is 12.8. The van der Waals surface area contributed by atoms with Gasteiger partial charge in [0, 0.05) is 12.0 Å². The van der Waals surface area contributed by atoms with Crippen molar-refractivity contribution in [1.82, 2.24) is 0 Å². The van der Waals surface area contributed by atoms with E-state index in [0.717, 1.165) is 12.8 Å². The van der Waals surface area contributed by atoms with Gasteiger partial charge in [-0.25, -0.2) is 14.6 Å². The van der Waals surface area contributed by atoms with Crippen molar-refractivity contribution in [2.75, 3.05) is 27.4 Å². The second-order valence-electron chi connectivity index (χ2n) is 9.30. The zero-order valence-electron chi connectivity index (χ0n) is 23.1. The van der Waals surface area contributed by atoms with Crippen molar-refractivity contribution in [3.63, 3.8) is 0 Å². The molecule has 1 saturated carbocycles. The van der Waals surface area contributed by atoms with Crippen LogP contribution in [0.3, 0.4) is 0 Å². The van der Waals surface area contributed by atoms with Crippen LogP contribution >= 0.6 is 23.2 Å². The van der Waals surface area contributed by atoms with Crippen LogP contribution in [0.1, 0.15) is 40.4 Å². The lowest BCUT2D eigenvalue weighted by molar-refractivity contribution is -0.377. The number of benzene rings is 2. The molecule has 0 aliphatic heterocycles. The molecule has 43 heavy (non-hydrogen) atoms. The predicted molar refractivity (Wildman–Crippen MR) is 149 cm³/mol. The quantitative estimate of drug-likeness (QED) is 0.202. The molecule has 0 spiro atoms. The normalized spacial score (nSPS) is 13.0. The molecule has 14 heteroatoms. The zero-order valence-corrected chi connectivity index (χ0v) is 24.6. The van der Waals surface area contributed by atoms with E-state index < -0.39 is 31.3 Å². The van der Waals surface area contributed by atoms with Gasteiger partial charge in [-0.3, -0.25) is 0 Å². The van der Waals surface area contributed by atoms with Crippen LogP contribution < -0.4 is 23.9 Å². The molecule has 0 saturated heterocycles. The molecule has 10 nitrogen and oxygen atoms in total. The summed E-state index contributed by atoms with van der Waals surface area (Å²) in [5.74, 6) is -0.705. The molecule has 0 amide bonds. The standard InChI is InChI=1S/C29H27Cl2F2NO8.H2O/c1-37-22-7-6-18(10-25(22)38-2)28(36)40-15-27(35)41-24(11-19-20(30)12-34-13-21(19)31)17-5-8-23(42-29(32)33)26(9-17)39-14-16-3-4-16;/h5-10,12-13,16,24,29H,3-4,11,14-15H2,1-2H3;1H2/t24-;/m0./s1. The van der Waals surface area contributed by atoms with Crippen molar-refractivity contribution < 1.29 is 57.3 Å². The van der Waals surface area contributed by atoms with E-state index >= 15 is 0 Å². The second-order valence-corrected chi connectivity index (χ2v) is 10.1.